The minimum atomic E-state index is -3.39. The highest BCUT2D eigenvalue weighted by molar-refractivity contribution is 7.88. The number of aliphatic hydroxyl groups is 1. The van der Waals surface area contributed by atoms with Gasteiger partial charge in [0.05, 0.1) is 29.6 Å². The molecule has 6 rings (SSSR count). The first-order valence-corrected chi connectivity index (χ1v) is 18.8. The predicted molar refractivity (Wildman–Crippen MR) is 184 cm³/mol. The van der Waals surface area contributed by atoms with E-state index in [2.05, 4.69) is 28.7 Å². The second kappa shape index (κ2) is 14.4. The molecular formula is C35H43Cl2N5O3S. The number of hydrogen-bond acceptors (Lipinski definition) is 6. The number of aromatic nitrogens is 2. The van der Waals surface area contributed by atoms with Gasteiger partial charge in [0.25, 0.3) is 0 Å². The smallest absolute Gasteiger partial charge is 0.211 e. The zero-order valence-electron chi connectivity index (χ0n) is 26.6. The molecule has 46 heavy (non-hydrogen) atoms. The van der Waals surface area contributed by atoms with E-state index in [1.807, 2.05) is 28.9 Å². The largest absolute Gasteiger partial charge is 0.390 e. The number of sulfonamides is 1. The molecule has 2 aromatic carbocycles. The monoisotopic (exact) mass is 683 g/mol. The molecule has 0 aliphatic carbocycles. The number of rotatable bonds is 7. The molecule has 0 saturated carbocycles. The van der Waals surface area contributed by atoms with Gasteiger partial charge in [-0.15, -0.1) is 0 Å². The molecule has 0 bridgehead atoms. The van der Waals surface area contributed by atoms with Gasteiger partial charge in [0.1, 0.15) is 0 Å². The minimum absolute atomic E-state index is 0.235. The minimum Gasteiger partial charge on any atom is -0.390 e. The number of piperidine rings is 2. The topological polar surface area (TPSA) is 81.9 Å². The zero-order valence-corrected chi connectivity index (χ0v) is 29.0. The Labute approximate surface area is 283 Å². The average molecular weight is 685 g/mol. The molecule has 2 fully saturated rings. The molecule has 11 heteroatoms. The molecular weight excluding hydrogens is 641 g/mol. The Morgan fingerprint density at radius 2 is 1.61 bits per heavy atom. The summed E-state index contributed by atoms with van der Waals surface area (Å²) in [6, 6.07) is 12.9. The molecule has 4 heterocycles. The van der Waals surface area contributed by atoms with Crippen LogP contribution in [-0.4, -0.2) is 96.1 Å². The highest BCUT2D eigenvalue weighted by Crippen LogP contribution is 2.34. The van der Waals surface area contributed by atoms with Crippen molar-refractivity contribution in [2.75, 3.05) is 52.6 Å². The highest BCUT2D eigenvalue weighted by atomic mass is 35.5. The predicted octanol–water partition coefficient (Wildman–Crippen LogP) is 4.99. The molecule has 3 aliphatic rings. The van der Waals surface area contributed by atoms with Gasteiger partial charge in [-0.2, -0.15) is 9.40 Å². The van der Waals surface area contributed by atoms with Crippen LogP contribution < -0.4 is 0 Å². The lowest BCUT2D eigenvalue weighted by Gasteiger charge is -2.39. The SMILES string of the molecule is CN1CCC(C2CCN(C[C@H](O)Cn3nc(-c4ccc(Cl)c(C#Cc5ccc(Cl)cc5)c4)c4c3CCN(S(C)(=O)=O)C4)CC2)CC1. The summed E-state index contributed by atoms with van der Waals surface area (Å²) >= 11 is 12.6. The van der Waals surface area contributed by atoms with Gasteiger partial charge in [-0.05, 0) is 107 Å². The molecule has 2 saturated heterocycles. The van der Waals surface area contributed by atoms with Crippen molar-refractivity contribution in [3.05, 3.63) is 74.9 Å². The van der Waals surface area contributed by atoms with Crippen molar-refractivity contribution in [2.45, 2.75) is 51.3 Å². The second-order valence-electron chi connectivity index (χ2n) is 13.2. The third-order valence-electron chi connectivity index (χ3n) is 9.91. The van der Waals surface area contributed by atoms with Crippen molar-refractivity contribution in [3.8, 4) is 23.1 Å². The fraction of sp³-hybridized carbons (Fsp3) is 0.514. The third-order valence-corrected chi connectivity index (χ3v) is 11.7. The summed E-state index contributed by atoms with van der Waals surface area (Å²) < 4.78 is 28.5. The molecule has 1 atom stereocenters. The Kier molecular flexibility index (Phi) is 10.5. The van der Waals surface area contributed by atoms with E-state index in [9.17, 15) is 13.5 Å². The van der Waals surface area contributed by atoms with E-state index in [1.165, 1.54) is 49.3 Å². The van der Waals surface area contributed by atoms with Crippen LogP contribution in [0.1, 0.15) is 48.1 Å². The summed E-state index contributed by atoms with van der Waals surface area (Å²) in [5, 5.41) is 17.4. The average Bonchev–Trinajstić information content (AvgIpc) is 3.39. The Morgan fingerprint density at radius 3 is 2.28 bits per heavy atom. The maximum atomic E-state index is 12.5. The number of β-amino-alcohol motifs (C(OH)–C–C–N with tert-alkyl or cyclic N) is 1. The number of halogens is 2. The second-order valence-corrected chi connectivity index (χ2v) is 16.0. The van der Waals surface area contributed by atoms with E-state index in [0.717, 1.165) is 47.3 Å². The van der Waals surface area contributed by atoms with Crippen LogP contribution in [0.3, 0.4) is 0 Å². The van der Waals surface area contributed by atoms with Crippen molar-refractivity contribution in [3.63, 3.8) is 0 Å². The lowest BCUT2D eigenvalue weighted by atomic mass is 9.79. The summed E-state index contributed by atoms with van der Waals surface area (Å²) in [4.78, 5) is 4.83. The molecule has 3 aliphatic heterocycles. The van der Waals surface area contributed by atoms with Crippen molar-refractivity contribution >= 4 is 33.2 Å². The molecule has 0 amide bonds. The van der Waals surface area contributed by atoms with Gasteiger partial charge in [-0.3, -0.25) is 4.68 Å². The molecule has 8 nitrogen and oxygen atoms in total. The first kappa shape index (κ1) is 33.5. The van der Waals surface area contributed by atoms with Crippen LogP contribution in [0.15, 0.2) is 42.5 Å². The number of hydrogen-bond donors (Lipinski definition) is 1. The fourth-order valence-electron chi connectivity index (χ4n) is 7.24. The van der Waals surface area contributed by atoms with Crippen LogP contribution >= 0.6 is 23.2 Å². The van der Waals surface area contributed by atoms with Crippen LogP contribution in [0.4, 0.5) is 0 Å². The Balaban J connectivity index is 1.20. The normalized spacial score (nSPS) is 19.8. The van der Waals surface area contributed by atoms with Crippen molar-refractivity contribution in [1.82, 2.24) is 23.9 Å². The number of nitrogens with zero attached hydrogens (tertiary/aromatic N) is 5. The maximum absolute atomic E-state index is 12.5. The molecule has 1 N–H and O–H groups in total. The van der Waals surface area contributed by atoms with Gasteiger partial charge < -0.3 is 14.9 Å². The molecule has 1 aromatic heterocycles. The molecule has 0 radical (unpaired) electrons. The van der Waals surface area contributed by atoms with Crippen LogP contribution in [0.25, 0.3) is 11.3 Å². The summed E-state index contributed by atoms with van der Waals surface area (Å²) in [6.45, 7) is 6.02. The van der Waals surface area contributed by atoms with Crippen LogP contribution in [0, 0.1) is 23.7 Å². The summed E-state index contributed by atoms with van der Waals surface area (Å²) in [5.74, 6) is 7.94. The van der Waals surface area contributed by atoms with E-state index in [-0.39, 0.29) is 6.54 Å². The maximum Gasteiger partial charge on any atom is 0.211 e. The van der Waals surface area contributed by atoms with Crippen LogP contribution in [0.5, 0.6) is 0 Å². The van der Waals surface area contributed by atoms with Crippen molar-refractivity contribution in [2.24, 2.45) is 11.8 Å². The van der Waals surface area contributed by atoms with Gasteiger partial charge in [0, 0.05) is 59.0 Å². The standard InChI is InChI=1S/C35H43Cl2N5O3S/c1-39-16-11-26(12-17-39)27-13-18-40(19-14-27)22-31(43)23-42-34-15-20-41(46(2,44)45)24-32(34)35(38-42)29-7-10-33(37)28(21-29)6-3-25-4-8-30(36)9-5-25/h4-5,7-10,21,26-27,31,43H,11-20,22-24H2,1-2H3/t31-/m0/s1. The summed E-state index contributed by atoms with van der Waals surface area (Å²) in [5.41, 5.74) is 4.80. The number of likely N-dealkylation sites (tertiary alicyclic amines) is 2. The van der Waals surface area contributed by atoms with Gasteiger partial charge in [-0.25, -0.2) is 8.42 Å². The van der Waals surface area contributed by atoms with Gasteiger partial charge in [0.15, 0.2) is 0 Å². The van der Waals surface area contributed by atoms with Crippen LogP contribution in [-0.2, 0) is 29.5 Å². The van der Waals surface area contributed by atoms with E-state index in [4.69, 9.17) is 28.3 Å². The Morgan fingerprint density at radius 1 is 0.935 bits per heavy atom. The Hall–Kier alpha value is -2.42. The third kappa shape index (κ3) is 7.99. The molecule has 0 spiro atoms. The van der Waals surface area contributed by atoms with Gasteiger partial charge in [0.2, 0.25) is 10.0 Å². The van der Waals surface area contributed by atoms with Crippen molar-refractivity contribution < 1.29 is 13.5 Å². The fourth-order valence-corrected chi connectivity index (χ4v) is 8.31. The molecule has 0 unspecified atom stereocenters. The van der Waals surface area contributed by atoms with E-state index in [0.29, 0.717) is 47.4 Å². The first-order valence-electron chi connectivity index (χ1n) is 16.2. The summed E-state index contributed by atoms with van der Waals surface area (Å²) in [6.07, 6.45) is 6.19. The Bertz CT molecular complexity index is 1700. The van der Waals surface area contributed by atoms with E-state index >= 15 is 0 Å². The lowest BCUT2D eigenvalue weighted by molar-refractivity contribution is 0.0576. The quantitative estimate of drug-likeness (QED) is 0.354. The highest BCUT2D eigenvalue weighted by Gasteiger charge is 2.32. The number of benzene rings is 2. The van der Waals surface area contributed by atoms with E-state index in [1.54, 1.807) is 18.2 Å². The van der Waals surface area contributed by atoms with E-state index < -0.39 is 16.1 Å². The lowest BCUT2D eigenvalue weighted by Crippen LogP contribution is -2.43. The van der Waals surface area contributed by atoms with Crippen LogP contribution in [0.2, 0.25) is 10.0 Å². The zero-order chi connectivity index (χ0) is 32.4. The van der Waals surface area contributed by atoms with Gasteiger partial charge >= 0.3 is 0 Å². The summed E-state index contributed by atoms with van der Waals surface area (Å²) in [7, 11) is -1.17. The first-order chi connectivity index (χ1) is 22.0. The molecule has 3 aromatic rings. The van der Waals surface area contributed by atoms with Gasteiger partial charge in [-0.1, -0.05) is 41.1 Å². The number of aliphatic hydroxyl groups excluding tert-OH is 1. The van der Waals surface area contributed by atoms with Crippen molar-refractivity contribution in [1.29, 1.82) is 0 Å². The molecule has 246 valence electrons. The number of fused-ring (bicyclic) bond motifs is 1.